The second-order valence-electron chi connectivity index (χ2n) is 3.39. The molecule has 0 aliphatic carbocycles. The Bertz CT molecular complexity index is 347. The Morgan fingerprint density at radius 1 is 1.27 bits per heavy atom. The van der Waals surface area contributed by atoms with Crippen LogP contribution >= 0.6 is 15.9 Å². The van der Waals surface area contributed by atoms with Gasteiger partial charge in [-0.15, -0.1) is 13.2 Å². The largest absolute Gasteiger partial charge is 0.573 e. The van der Waals surface area contributed by atoms with Gasteiger partial charge < -0.3 is 4.74 Å². The van der Waals surface area contributed by atoms with Crippen molar-refractivity contribution in [3.05, 3.63) is 28.2 Å². The highest BCUT2D eigenvalue weighted by molar-refractivity contribution is 9.10. The molecule has 1 nitrogen and oxygen atoms in total. The third kappa shape index (κ3) is 3.74. The number of hydrogen-bond acceptors (Lipinski definition) is 1. The van der Waals surface area contributed by atoms with Gasteiger partial charge in [-0.25, -0.2) is 0 Å². The molecule has 0 aliphatic heterocycles. The molecule has 0 atom stereocenters. The van der Waals surface area contributed by atoms with Crippen LogP contribution in [0.5, 0.6) is 5.75 Å². The van der Waals surface area contributed by atoms with E-state index in [1.807, 2.05) is 13.8 Å². The van der Waals surface area contributed by atoms with Crippen LogP contribution in [0.15, 0.2) is 22.7 Å². The predicted octanol–water partition coefficient (Wildman–Crippen LogP) is 4.47. The molecule has 0 aromatic heterocycles. The molecule has 15 heavy (non-hydrogen) atoms. The molecule has 0 amide bonds. The van der Waals surface area contributed by atoms with Crippen LogP contribution in [0.25, 0.3) is 0 Å². The Morgan fingerprint density at radius 3 is 2.33 bits per heavy atom. The van der Waals surface area contributed by atoms with Gasteiger partial charge in [0, 0.05) is 0 Å². The molecule has 1 rings (SSSR count). The third-order valence-electron chi connectivity index (χ3n) is 1.85. The molecular weight excluding hydrogens is 273 g/mol. The molecule has 0 radical (unpaired) electrons. The zero-order valence-corrected chi connectivity index (χ0v) is 9.82. The molecule has 0 heterocycles. The van der Waals surface area contributed by atoms with Crippen molar-refractivity contribution in [2.45, 2.75) is 26.1 Å². The summed E-state index contributed by atoms with van der Waals surface area (Å²) in [6.07, 6.45) is -4.65. The van der Waals surface area contributed by atoms with Gasteiger partial charge >= 0.3 is 6.36 Å². The lowest BCUT2D eigenvalue weighted by molar-refractivity contribution is -0.274. The van der Waals surface area contributed by atoms with E-state index in [2.05, 4.69) is 20.7 Å². The van der Waals surface area contributed by atoms with E-state index in [4.69, 9.17) is 0 Å². The highest BCUT2D eigenvalue weighted by Gasteiger charge is 2.32. The second kappa shape index (κ2) is 4.43. The minimum absolute atomic E-state index is 0.161. The van der Waals surface area contributed by atoms with Crippen LogP contribution in [-0.4, -0.2) is 6.36 Å². The van der Waals surface area contributed by atoms with Gasteiger partial charge in [0.25, 0.3) is 0 Å². The topological polar surface area (TPSA) is 9.23 Å². The lowest BCUT2D eigenvalue weighted by Gasteiger charge is -2.13. The number of ether oxygens (including phenoxy) is 1. The van der Waals surface area contributed by atoms with Crippen molar-refractivity contribution < 1.29 is 17.9 Å². The van der Waals surface area contributed by atoms with Crippen LogP contribution in [0.1, 0.15) is 25.3 Å². The molecule has 5 heteroatoms. The van der Waals surface area contributed by atoms with E-state index >= 15 is 0 Å². The molecule has 1 aromatic carbocycles. The van der Waals surface area contributed by atoms with E-state index in [1.54, 1.807) is 12.1 Å². The van der Waals surface area contributed by atoms with Crippen molar-refractivity contribution in [3.8, 4) is 5.75 Å². The fourth-order valence-corrected chi connectivity index (χ4v) is 1.41. The number of rotatable bonds is 2. The summed E-state index contributed by atoms with van der Waals surface area (Å²) in [6, 6.07) is 4.70. The molecule has 0 N–H and O–H groups in total. The molecule has 0 spiro atoms. The van der Waals surface area contributed by atoms with Crippen LogP contribution in [0.2, 0.25) is 0 Å². The maximum Gasteiger partial charge on any atom is 0.573 e. The Kier molecular flexibility index (Phi) is 3.65. The number of hydrogen-bond donors (Lipinski definition) is 0. The molecule has 0 fully saturated rings. The lowest BCUT2D eigenvalue weighted by Crippen LogP contribution is -2.17. The molecule has 0 bridgehead atoms. The predicted molar refractivity (Wildman–Crippen MR) is 54.9 cm³/mol. The minimum atomic E-state index is -4.65. The first-order chi connectivity index (χ1) is 6.79. The summed E-state index contributed by atoms with van der Waals surface area (Å²) in [5.41, 5.74) is 0.803. The maximum absolute atomic E-state index is 12.0. The van der Waals surface area contributed by atoms with Gasteiger partial charge in [0.1, 0.15) is 5.75 Å². The summed E-state index contributed by atoms with van der Waals surface area (Å²) in [6.45, 7) is 3.81. The van der Waals surface area contributed by atoms with E-state index in [1.165, 1.54) is 6.07 Å². The van der Waals surface area contributed by atoms with Crippen LogP contribution in [0.3, 0.4) is 0 Å². The highest BCUT2D eigenvalue weighted by atomic mass is 79.9. The van der Waals surface area contributed by atoms with Crippen molar-refractivity contribution in [2.75, 3.05) is 0 Å². The van der Waals surface area contributed by atoms with Crippen LogP contribution < -0.4 is 4.74 Å². The second-order valence-corrected chi connectivity index (χ2v) is 4.25. The average Bonchev–Trinajstić information content (AvgIpc) is 2.06. The monoisotopic (exact) mass is 282 g/mol. The Morgan fingerprint density at radius 2 is 1.87 bits per heavy atom. The van der Waals surface area contributed by atoms with Gasteiger partial charge in [-0.2, -0.15) is 0 Å². The molecular formula is C10H10BrF3O. The van der Waals surface area contributed by atoms with E-state index < -0.39 is 6.36 Å². The zero-order chi connectivity index (χ0) is 11.6. The first kappa shape index (κ1) is 12.4. The quantitative estimate of drug-likeness (QED) is 0.778. The fraction of sp³-hybridized carbons (Fsp3) is 0.400. The highest BCUT2D eigenvalue weighted by Crippen LogP contribution is 2.32. The third-order valence-corrected chi connectivity index (χ3v) is 2.50. The SMILES string of the molecule is CC(C)c1ccc(Br)c(OC(F)(F)F)c1. The van der Waals surface area contributed by atoms with Crippen LogP contribution in [0, 0.1) is 0 Å². The summed E-state index contributed by atoms with van der Waals surface area (Å²) in [5.74, 6) is -0.0395. The van der Waals surface area contributed by atoms with E-state index in [9.17, 15) is 13.2 Å². The number of alkyl halides is 3. The molecule has 0 saturated carbocycles. The summed E-state index contributed by atoms with van der Waals surface area (Å²) < 4.78 is 40.2. The molecule has 1 aromatic rings. The van der Waals surface area contributed by atoms with Gasteiger partial charge in [0.05, 0.1) is 4.47 Å². The van der Waals surface area contributed by atoms with Gasteiger partial charge in [-0.05, 0) is 39.5 Å². The molecule has 0 aliphatic rings. The Hall–Kier alpha value is -0.710. The number of halogens is 4. The maximum atomic E-state index is 12.0. The first-order valence-corrected chi connectivity index (χ1v) is 5.14. The lowest BCUT2D eigenvalue weighted by atomic mass is 10.0. The van der Waals surface area contributed by atoms with Gasteiger partial charge in [0.15, 0.2) is 0 Å². The summed E-state index contributed by atoms with van der Waals surface area (Å²) in [5, 5.41) is 0. The van der Waals surface area contributed by atoms with Gasteiger partial charge in [-0.1, -0.05) is 19.9 Å². The van der Waals surface area contributed by atoms with Gasteiger partial charge in [0.2, 0.25) is 0 Å². The average molecular weight is 283 g/mol. The first-order valence-electron chi connectivity index (χ1n) is 4.35. The van der Waals surface area contributed by atoms with Crippen molar-refractivity contribution >= 4 is 15.9 Å². The standard InChI is InChI=1S/C10H10BrF3O/c1-6(2)7-3-4-8(11)9(5-7)15-10(12,13)14/h3-6H,1-2H3. The molecule has 84 valence electrons. The minimum Gasteiger partial charge on any atom is -0.405 e. The summed E-state index contributed by atoms with van der Waals surface area (Å²) >= 11 is 3.01. The van der Waals surface area contributed by atoms with Crippen LogP contribution in [-0.2, 0) is 0 Å². The zero-order valence-electron chi connectivity index (χ0n) is 8.23. The molecule has 0 unspecified atom stereocenters. The van der Waals surface area contributed by atoms with E-state index in [-0.39, 0.29) is 11.7 Å². The van der Waals surface area contributed by atoms with Crippen molar-refractivity contribution in [2.24, 2.45) is 0 Å². The summed E-state index contributed by atoms with van der Waals surface area (Å²) in [7, 11) is 0. The molecule has 0 saturated heterocycles. The summed E-state index contributed by atoms with van der Waals surface area (Å²) in [4.78, 5) is 0. The van der Waals surface area contributed by atoms with E-state index in [0.29, 0.717) is 4.47 Å². The fourth-order valence-electron chi connectivity index (χ4n) is 1.08. The van der Waals surface area contributed by atoms with Crippen molar-refractivity contribution in [3.63, 3.8) is 0 Å². The van der Waals surface area contributed by atoms with Crippen molar-refractivity contribution in [1.29, 1.82) is 0 Å². The van der Waals surface area contributed by atoms with E-state index in [0.717, 1.165) is 5.56 Å². The van der Waals surface area contributed by atoms with Gasteiger partial charge in [-0.3, -0.25) is 0 Å². The Balaban J connectivity index is 3.01. The smallest absolute Gasteiger partial charge is 0.405 e. The van der Waals surface area contributed by atoms with Crippen molar-refractivity contribution in [1.82, 2.24) is 0 Å². The number of benzene rings is 1. The Labute approximate surface area is 94.4 Å². The normalized spacial score (nSPS) is 11.9. The van der Waals surface area contributed by atoms with Crippen LogP contribution in [0.4, 0.5) is 13.2 Å².